The Morgan fingerprint density at radius 3 is 2.81 bits per heavy atom. The average molecular weight is 242 g/mol. The highest BCUT2D eigenvalue weighted by atomic mass is 32.1. The van der Waals surface area contributed by atoms with Crippen molar-refractivity contribution in [3.63, 3.8) is 0 Å². The maximum Gasteiger partial charge on any atom is 0.367 e. The first-order valence-corrected chi connectivity index (χ1v) is 5.86. The minimum absolute atomic E-state index is 0.0419. The second kappa shape index (κ2) is 5.60. The largest absolute Gasteiger partial charge is 0.461 e. The van der Waals surface area contributed by atoms with Crippen LogP contribution in [0.3, 0.4) is 0 Å². The Kier molecular flexibility index (Phi) is 4.42. The molecule has 1 heterocycles. The summed E-state index contributed by atoms with van der Waals surface area (Å²) >= 11 is 1.11. The third kappa shape index (κ3) is 3.30. The minimum Gasteiger partial charge on any atom is -0.461 e. The lowest BCUT2D eigenvalue weighted by atomic mass is 10.3. The average Bonchev–Trinajstić information content (AvgIpc) is 2.65. The van der Waals surface area contributed by atoms with Crippen molar-refractivity contribution in [3.05, 3.63) is 16.1 Å². The molecule has 0 atom stereocenters. The molecule has 5 nitrogen and oxygen atoms in total. The number of thiazole rings is 1. The highest BCUT2D eigenvalue weighted by Crippen LogP contribution is 2.11. The van der Waals surface area contributed by atoms with E-state index in [1.165, 1.54) is 0 Å². The lowest BCUT2D eigenvalue weighted by Crippen LogP contribution is -2.30. The van der Waals surface area contributed by atoms with E-state index >= 15 is 0 Å². The number of ether oxygens (including phenoxy) is 1. The smallest absolute Gasteiger partial charge is 0.367 e. The van der Waals surface area contributed by atoms with Crippen molar-refractivity contribution in [1.82, 2.24) is 10.3 Å². The number of amides is 1. The van der Waals surface area contributed by atoms with Gasteiger partial charge in [0, 0.05) is 11.4 Å². The number of hydrogen-bond acceptors (Lipinski definition) is 5. The molecule has 0 aliphatic carbocycles. The molecule has 0 radical (unpaired) electrons. The molecule has 1 N–H and O–H groups in total. The molecule has 1 aromatic heterocycles. The van der Waals surface area contributed by atoms with Crippen LogP contribution in [0.15, 0.2) is 5.38 Å². The van der Waals surface area contributed by atoms with Crippen molar-refractivity contribution in [2.24, 2.45) is 0 Å². The van der Waals surface area contributed by atoms with E-state index in [1.807, 2.05) is 13.8 Å². The van der Waals surface area contributed by atoms with Gasteiger partial charge in [0.1, 0.15) is 5.69 Å². The summed E-state index contributed by atoms with van der Waals surface area (Å²) in [6.45, 7) is 5.73. The summed E-state index contributed by atoms with van der Waals surface area (Å²) < 4.78 is 4.78. The Labute approximate surface area is 97.8 Å². The van der Waals surface area contributed by atoms with E-state index < -0.39 is 5.97 Å². The maximum absolute atomic E-state index is 11.5. The van der Waals surface area contributed by atoms with Gasteiger partial charge in [0.2, 0.25) is 5.01 Å². The van der Waals surface area contributed by atoms with Crippen LogP contribution in [-0.4, -0.2) is 29.5 Å². The van der Waals surface area contributed by atoms with Crippen LogP contribution >= 0.6 is 11.3 Å². The highest BCUT2D eigenvalue weighted by Gasteiger charge is 2.16. The van der Waals surface area contributed by atoms with Crippen LogP contribution in [0.4, 0.5) is 0 Å². The van der Waals surface area contributed by atoms with Crippen LogP contribution in [0.5, 0.6) is 0 Å². The van der Waals surface area contributed by atoms with E-state index in [0.29, 0.717) is 6.61 Å². The molecule has 0 spiro atoms. The van der Waals surface area contributed by atoms with Crippen LogP contribution in [0.2, 0.25) is 0 Å². The predicted molar refractivity (Wildman–Crippen MR) is 60.7 cm³/mol. The number of hydrogen-bond donors (Lipinski definition) is 1. The monoisotopic (exact) mass is 242 g/mol. The second-order valence-corrected chi connectivity index (χ2v) is 4.24. The van der Waals surface area contributed by atoms with Gasteiger partial charge in [-0.25, -0.2) is 9.78 Å². The van der Waals surface area contributed by atoms with E-state index in [2.05, 4.69) is 10.3 Å². The van der Waals surface area contributed by atoms with Crippen LogP contribution in [0.25, 0.3) is 0 Å². The zero-order valence-electron chi connectivity index (χ0n) is 9.44. The second-order valence-electron chi connectivity index (χ2n) is 3.39. The molecule has 0 fully saturated rings. The molecule has 88 valence electrons. The van der Waals surface area contributed by atoms with Gasteiger partial charge in [-0.2, -0.15) is 0 Å². The fourth-order valence-electron chi connectivity index (χ4n) is 1.00. The number of esters is 1. The molecule has 1 amide bonds. The van der Waals surface area contributed by atoms with Gasteiger partial charge in [-0.3, -0.25) is 4.79 Å². The van der Waals surface area contributed by atoms with Gasteiger partial charge in [0.15, 0.2) is 0 Å². The summed E-state index contributed by atoms with van der Waals surface area (Å²) in [5, 5.41) is 4.45. The molecule has 0 bridgehead atoms. The number of nitrogens with one attached hydrogen (secondary N) is 1. The lowest BCUT2D eigenvalue weighted by Gasteiger charge is -2.05. The minimum atomic E-state index is -0.490. The van der Waals surface area contributed by atoms with E-state index in [-0.39, 0.29) is 22.7 Å². The van der Waals surface area contributed by atoms with Crippen molar-refractivity contribution in [3.8, 4) is 0 Å². The van der Waals surface area contributed by atoms with Gasteiger partial charge in [0.05, 0.1) is 6.61 Å². The van der Waals surface area contributed by atoms with Gasteiger partial charge < -0.3 is 10.1 Å². The normalized spacial score (nSPS) is 10.2. The topological polar surface area (TPSA) is 68.3 Å². The van der Waals surface area contributed by atoms with Gasteiger partial charge in [-0.15, -0.1) is 11.3 Å². The van der Waals surface area contributed by atoms with Gasteiger partial charge in [-0.05, 0) is 20.8 Å². The molecule has 1 rings (SSSR count). The number of aromatic nitrogens is 1. The SMILES string of the molecule is CCOC(=O)c1nc(C(=O)NC(C)C)cs1. The molecule has 0 aliphatic rings. The Morgan fingerprint density at radius 2 is 2.25 bits per heavy atom. The van der Waals surface area contributed by atoms with Crippen molar-refractivity contribution in [2.75, 3.05) is 6.61 Å². The Hall–Kier alpha value is -1.43. The molecular formula is C10H14N2O3S. The van der Waals surface area contributed by atoms with Crippen LogP contribution in [0, 0.1) is 0 Å². The van der Waals surface area contributed by atoms with Crippen molar-refractivity contribution < 1.29 is 14.3 Å². The molecule has 0 aromatic carbocycles. The molecule has 0 aliphatic heterocycles. The van der Waals surface area contributed by atoms with Gasteiger partial charge in [0.25, 0.3) is 5.91 Å². The van der Waals surface area contributed by atoms with Crippen molar-refractivity contribution in [1.29, 1.82) is 0 Å². The van der Waals surface area contributed by atoms with Gasteiger partial charge in [-0.1, -0.05) is 0 Å². The quantitative estimate of drug-likeness (QED) is 0.811. The van der Waals surface area contributed by atoms with E-state index in [9.17, 15) is 9.59 Å². The summed E-state index contributed by atoms with van der Waals surface area (Å²) in [5.41, 5.74) is 0.252. The zero-order valence-corrected chi connectivity index (χ0v) is 10.3. The third-order valence-electron chi connectivity index (χ3n) is 1.61. The molecule has 0 saturated carbocycles. The van der Waals surface area contributed by atoms with E-state index in [4.69, 9.17) is 4.74 Å². The summed E-state index contributed by atoms with van der Waals surface area (Å²) in [6.07, 6.45) is 0. The molecular weight excluding hydrogens is 228 g/mol. The molecule has 6 heteroatoms. The van der Waals surface area contributed by atoms with Crippen molar-refractivity contribution in [2.45, 2.75) is 26.8 Å². The first kappa shape index (κ1) is 12.6. The molecule has 0 unspecified atom stereocenters. The summed E-state index contributed by atoms with van der Waals surface area (Å²) in [6, 6.07) is 0.0419. The standard InChI is InChI=1S/C10H14N2O3S/c1-4-15-10(14)9-12-7(5-16-9)8(13)11-6(2)3/h5-6H,4H2,1-3H3,(H,11,13). The maximum atomic E-state index is 11.5. The number of carbonyl (C=O) groups is 2. The Bertz CT molecular complexity index is 387. The summed E-state index contributed by atoms with van der Waals surface area (Å²) in [7, 11) is 0. The molecule has 1 aromatic rings. The van der Waals surface area contributed by atoms with Crippen LogP contribution < -0.4 is 5.32 Å². The van der Waals surface area contributed by atoms with E-state index in [0.717, 1.165) is 11.3 Å². The van der Waals surface area contributed by atoms with Crippen LogP contribution in [0.1, 0.15) is 41.1 Å². The molecule has 16 heavy (non-hydrogen) atoms. The number of rotatable bonds is 4. The van der Waals surface area contributed by atoms with Crippen LogP contribution in [-0.2, 0) is 4.74 Å². The Balaban J connectivity index is 2.71. The number of nitrogens with zero attached hydrogens (tertiary/aromatic N) is 1. The first-order valence-electron chi connectivity index (χ1n) is 4.98. The number of carbonyl (C=O) groups excluding carboxylic acids is 2. The lowest BCUT2D eigenvalue weighted by molar-refractivity contribution is 0.0526. The van der Waals surface area contributed by atoms with Gasteiger partial charge >= 0.3 is 5.97 Å². The summed E-state index contributed by atoms with van der Waals surface area (Å²) in [4.78, 5) is 26.7. The predicted octanol–water partition coefficient (Wildman–Crippen LogP) is 1.46. The molecule has 0 saturated heterocycles. The fraction of sp³-hybridized carbons (Fsp3) is 0.500. The first-order chi connectivity index (χ1) is 7.54. The van der Waals surface area contributed by atoms with Crippen molar-refractivity contribution >= 4 is 23.2 Å². The summed E-state index contributed by atoms with van der Waals surface area (Å²) in [5.74, 6) is -0.766. The Morgan fingerprint density at radius 1 is 1.56 bits per heavy atom. The third-order valence-corrected chi connectivity index (χ3v) is 2.43. The highest BCUT2D eigenvalue weighted by molar-refractivity contribution is 7.11. The van der Waals surface area contributed by atoms with E-state index in [1.54, 1.807) is 12.3 Å². The fourth-order valence-corrected chi connectivity index (χ4v) is 1.69. The zero-order chi connectivity index (χ0) is 12.1.